The Morgan fingerprint density at radius 2 is 1.85 bits per heavy atom. The SMILES string of the molecule is N#CC(NC(=O)CCCC(=O)N1CCCC2CCCCC21)c1ccccc1. The summed E-state index contributed by atoms with van der Waals surface area (Å²) in [6.45, 7) is 0.872. The molecule has 3 unspecified atom stereocenters. The van der Waals surface area contributed by atoms with E-state index in [-0.39, 0.29) is 18.2 Å². The summed E-state index contributed by atoms with van der Waals surface area (Å²) in [4.78, 5) is 27.0. The molecule has 1 aromatic rings. The third kappa shape index (κ3) is 5.09. The maximum Gasteiger partial charge on any atom is 0.222 e. The zero-order valence-electron chi connectivity index (χ0n) is 15.9. The van der Waals surface area contributed by atoms with Crippen LogP contribution < -0.4 is 5.32 Å². The average Bonchev–Trinajstić information content (AvgIpc) is 2.72. The highest BCUT2D eigenvalue weighted by atomic mass is 16.2. The monoisotopic (exact) mass is 367 g/mol. The van der Waals surface area contributed by atoms with Crippen molar-refractivity contribution in [2.75, 3.05) is 6.54 Å². The standard InChI is InChI=1S/C22H29N3O2/c23-16-19(17-8-2-1-3-9-17)24-21(26)13-6-14-22(27)25-15-7-11-18-10-4-5-12-20(18)25/h1-3,8-9,18-20H,4-7,10-15H2,(H,24,26). The molecule has 27 heavy (non-hydrogen) atoms. The Morgan fingerprint density at radius 3 is 2.63 bits per heavy atom. The number of hydrogen-bond donors (Lipinski definition) is 1. The molecular weight excluding hydrogens is 338 g/mol. The van der Waals surface area contributed by atoms with Gasteiger partial charge in [-0.05, 0) is 43.6 Å². The number of amides is 2. The van der Waals surface area contributed by atoms with E-state index in [4.69, 9.17) is 0 Å². The molecule has 5 nitrogen and oxygen atoms in total. The Hall–Kier alpha value is -2.35. The van der Waals surface area contributed by atoms with Crippen LogP contribution in [0.3, 0.4) is 0 Å². The Kier molecular flexibility index (Phi) is 6.86. The minimum absolute atomic E-state index is 0.174. The molecule has 1 aliphatic heterocycles. The maximum atomic E-state index is 12.7. The Balaban J connectivity index is 1.44. The lowest BCUT2D eigenvalue weighted by molar-refractivity contribution is -0.137. The van der Waals surface area contributed by atoms with Gasteiger partial charge in [-0.2, -0.15) is 5.26 Å². The molecule has 1 heterocycles. The lowest BCUT2D eigenvalue weighted by Crippen LogP contribution is -2.49. The molecule has 0 radical (unpaired) electrons. The molecule has 0 spiro atoms. The van der Waals surface area contributed by atoms with E-state index in [2.05, 4.69) is 16.3 Å². The van der Waals surface area contributed by atoms with Gasteiger partial charge in [-0.15, -0.1) is 0 Å². The maximum absolute atomic E-state index is 12.7. The molecule has 3 rings (SSSR count). The number of nitriles is 1. The van der Waals surface area contributed by atoms with Crippen molar-refractivity contribution in [1.29, 1.82) is 5.26 Å². The van der Waals surface area contributed by atoms with Crippen LogP contribution in [0.4, 0.5) is 0 Å². The first-order valence-corrected chi connectivity index (χ1v) is 10.2. The van der Waals surface area contributed by atoms with Crippen LogP contribution >= 0.6 is 0 Å². The number of piperidine rings is 1. The molecule has 1 aromatic carbocycles. The van der Waals surface area contributed by atoms with Gasteiger partial charge in [-0.25, -0.2) is 0 Å². The summed E-state index contributed by atoms with van der Waals surface area (Å²) < 4.78 is 0. The first-order valence-electron chi connectivity index (χ1n) is 10.2. The summed E-state index contributed by atoms with van der Waals surface area (Å²) in [6, 6.07) is 11.1. The summed E-state index contributed by atoms with van der Waals surface area (Å²) in [6.07, 6.45) is 8.50. The van der Waals surface area contributed by atoms with Crippen LogP contribution in [0.15, 0.2) is 30.3 Å². The molecular formula is C22H29N3O2. The fourth-order valence-electron chi connectivity index (χ4n) is 4.55. The molecule has 2 amide bonds. The zero-order valence-corrected chi connectivity index (χ0v) is 15.9. The quantitative estimate of drug-likeness (QED) is 0.833. The number of nitrogens with one attached hydrogen (secondary N) is 1. The predicted octanol–water partition coefficient (Wildman–Crippen LogP) is 3.72. The number of nitrogens with zero attached hydrogens (tertiary/aromatic N) is 2. The number of benzene rings is 1. The van der Waals surface area contributed by atoms with E-state index in [0.717, 1.165) is 24.9 Å². The van der Waals surface area contributed by atoms with E-state index in [1.54, 1.807) is 0 Å². The van der Waals surface area contributed by atoms with Gasteiger partial charge in [-0.1, -0.05) is 43.2 Å². The van der Waals surface area contributed by atoms with E-state index in [0.29, 0.717) is 24.8 Å². The second kappa shape index (κ2) is 9.55. The molecule has 144 valence electrons. The Bertz CT molecular complexity index is 681. The van der Waals surface area contributed by atoms with Gasteiger partial charge >= 0.3 is 0 Å². The van der Waals surface area contributed by atoms with Gasteiger partial charge in [0.25, 0.3) is 0 Å². The van der Waals surface area contributed by atoms with Crippen LogP contribution in [-0.2, 0) is 9.59 Å². The van der Waals surface area contributed by atoms with E-state index in [9.17, 15) is 14.9 Å². The summed E-state index contributed by atoms with van der Waals surface area (Å²) in [5.41, 5.74) is 0.779. The number of hydrogen-bond acceptors (Lipinski definition) is 3. The molecule has 5 heteroatoms. The zero-order chi connectivity index (χ0) is 19.1. The summed E-state index contributed by atoms with van der Waals surface area (Å²) in [5, 5.41) is 12.1. The third-order valence-electron chi connectivity index (χ3n) is 5.93. The normalized spacial score (nSPS) is 23.0. The topological polar surface area (TPSA) is 73.2 Å². The van der Waals surface area contributed by atoms with Crippen LogP contribution in [0.1, 0.15) is 69.4 Å². The van der Waals surface area contributed by atoms with Crippen molar-refractivity contribution in [3.8, 4) is 6.07 Å². The van der Waals surface area contributed by atoms with Crippen LogP contribution in [0.5, 0.6) is 0 Å². The van der Waals surface area contributed by atoms with Crippen molar-refractivity contribution in [3.63, 3.8) is 0 Å². The first-order chi connectivity index (χ1) is 13.2. The predicted molar refractivity (Wildman–Crippen MR) is 103 cm³/mol. The largest absolute Gasteiger partial charge is 0.339 e. The van der Waals surface area contributed by atoms with Gasteiger partial charge in [0.15, 0.2) is 0 Å². The van der Waals surface area contributed by atoms with Crippen LogP contribution in [0.25, 0.3) is 0 Å². The highest BCUT2D eigenvalue weighted by Crippen LogP contribution is 2.35. The van der Waals surface area contributed by atoms with Gasteiger partial charge in [0.2, 0.25) is 11.8 Å². The van der Waals surface area contributed by atoms with Crippen molar-refractivity contribution < 1.29 is 9.59 Å². The molecule has 1 saturated heterocycles. The number of carbonyl (C=O) groups excluding carboxylic acids is 2. The molecule has 2 aliphatic rings. The van der Waals surface area contributed by atoms with E-state index in [1.165, 1.54) is 25.7 Å². The minimum Gasteiger partial charge on any atom is -0.339 e. The minimum atomic E-state index is -0.639. The lowest BCUT2D eigenvalue weighted by Gasteiger charge is -2.44. The molecule has 1 N–H and O–H groups in total. The summed E-state index contributed by atoms with van der Waals surface area (Å²) >= 11 is 0. The molecule has 2 fully saturated rings. The first kappa shape index (κ1) is 19.4. The van der Waals surface area contributed by atoms with E-state index >= 15 is 0 Å². The Morgan fingerprint density at radius 1 is 1.11 bits per heavy atom. The van der Waals surface area contributed by atoms with Crippen molar-refractivity contribution in [3.05, 3.63) is 35.9 Å². The highest BCUT2D eigenvalue weighted by Gasteiger charge is 2.35. The molecule has 0 bridgehead atoms. The van der Waals surface area contributed by atoms with Gasteiger partial charge in [0.05, 0.1) is 6.07 Å². The van der Waals surface area contributed by atoms with Crippen LogP contribution in [0, 0.1) is 17.2 Å². The number of carbonyl (C=O) groups is 2. The number of likely N-dealkylation sites (tertiary alicyclic amines) is 1. The summed E-state index contributed by atoms with van der Waals surface area (Å²) in [7, 11) is 0. The third-order valence-corrected chi connectivity index (χ3v) is 5.93. The van der Waals surface area contributed by atoms with Crippen molar-refractivity contribution in [1.82, 2.24) is 10.2 Å². The fourth-order valence-corrected chi connectivity index (χ4v) is 4.55. The highest BCUT2D eigenvalue weighted by molar-refractivity contribution is 5.79. The van der Waals surface area contributed by atoms with Gasteiger partial charge in [-0.3, -0.25) is 9.59 Å². The van der Waals surface area contributed by atoms with Crippen LogP contribution in [-0.4, -0.2) is 29.3 Å². The van der Waals surface area contributed by atoms with E-state index in [1.807, 2.05) is 30.3 Å². The molecule has 0 aromatic heterocycles. The van der Waals surface area contributed by atoms with Gasteiger partial charge in [0, 0.05) is 25.4 Å². The molecule has 1 aliphatic carbocycles. The van der Waals surface area contributed by atoms with Crippen LogP contribution in [0.2, 0.25) is 0 Å². The van der Waals surface area contributed by atoms with E-state index < -0.39 is 6.04 Å². The lowest BCUT2D eigenvalue weighted by atomic mass is 9.78. The molecule has 3 atom stereocenters. The van der Waals surface area contributed by atoms with Gasteiger partial charge in [0.1, 0.15) is 6.04 Å². The number of fused-ring (bicyclic) bond motifs is 1. The second-order valence-corrected chi connectivity index (χ2v) is 7.74. The average molecular weight is 367 g/mol. The van der Waals surface area contributed by atoms with Crippen molar-refractivity contribution in [2.24, 2.45) is 5.92 Å². The van der Waals surface area contributed by atoms with Crippen molar-refractivity contribution >= 4 is 11.8 Å². The van der Waals surface area contributed by atoms with Gasteiger partial charge < -0.3 is 10.2 Å². The number of rotatable bonds is 6. The van der Waals surface area contributed by atoms with Crippen molar-refractivity contribution in [2.45, 2.75) is 69.9 Å². The molecule has 1 saturated carbocycles. The fraction of sp³-hybridized carbons (Fsp3) is 0.591. The Labute approximate surface area is 161 Å². The smallest absolute Gasteiger partial charge is 0.222 e. The second-order valence-electron chi connectivity index (χ2n) is 7.74. The summed E-state index contributed by atoms with van der Waals surface area (Å²) in [5.74, 6) is 0.702.